The highest BCUT2D eigenvalue weighted by Gasteiger charge is 2.11. The lowest BCUT2D eigenvalue weighted by atomic mass is 10.1. The van der Waals surface area contributed by atoms with E-state index in [1.54, 1.807) is 25.3 Å². The molecule has 2 aromatic rings. The molecule has 2 amide bonds. The van der Waals surface area contributed by atoms with E-state index in [9.17, 15) is 9.59 Å². The van der Waals surface area contributed by atoms with E-state index in [2.05, 4.69) is 35.0 Å². The van der Waals surface area contributed by atoms with E-state index in [1.807, 2.05) is 19.1 Å². The zero-order valence-corrected chi connectivity index (χ0v) is 16.3. The van der Waals surface area contributed by atoms with E-state index in [0.717, 1.165) is 12.0 Å². The molecule has 0 fully saturated rings. The van der Waals surface area contributed by atoms with Gasteiger partial charge in [0.25, 0.3) is 0 Å². The lowest BCUT2D eigenvalue weighted by Crippen LogP contribution is -2.32. The van der Waals surface area contributed by atoms with Crippen molar-refractivity contribution in [3.05, 3.63) is 53.6 Å². The molecule has 0 aliphatic carbocycles. The second-order valence-electron chi connectivity index (χ2n) is 6.33. The molecule has 6 heteroatoms. The van der Waals surface area contributed by atoms with E-state index >= 15 is 0 Å². The Morgan fingerprint density at radius 3 is 2.37 bits per heavy atom. The largest absolute Gasteiger partial charge is 0.497 e. The zero-order chi connectivity index (χ0) is 19.8. The average molecular weight is 369 g/mol. The fraction of sp³-hybridized carbons (Fsp3) is 0.333. The Kier molecular flexibility index (Phi) is 7.23. The summed E-state index contributed by atoms with van der Waals surface area (Å²) in [4.78, 5) is 23.7. The van der Waals surface area contributed by atoms with Crippen LogP contribution in [0.4, 0.5) is 11.4 Å². The van der Waals surface area contributed by atoms with Gasteiger partial charge in [0.15, 0.2) is 0 Å². The van der Waals surface area contributed by atoms with Gasteiger partial charge in [-0.15, -0.1) is 0 Å². The Hall–Kier alpha value is -3.02. The van der Waals surface area contributed by atoms with Gasteiger partial charge >= 0.3 is 0 Å². The summed E-state index contributed by atoms with van der Waals surface area (Å²) in [6.45, 7) is 5.58. The molecule has 3 N–H and O–H groups in total. The third-order valence-electron chi connectivity index (χ3n) is 4.24. The fourth-order valence-electron chi connectivity index (χ4n) is 2.69. The molecule has 0 saturated heterocycles. The van der Waals surface area contributed by atoms with E-state index in [4.69, 9.17) is 4.74 Å². The normalized spacial score (nSPS) is 11.4. The minimum atomic E-state index is -0.184. The van der Waals surface area contributed by atoms with Gasteiger partial charge in [-0.1, -0.05) is 31.2 Å². The van der Waals surface area contributed by atoms with Crippen molar-refractivity contribution >= 4 is 23.2 Å². The molecule has 0 aromatic heterocycles. The molecule has 0 aliphatic heterocycles. The maximum Gasteiger partial charge on any atom is 0.239 e. The number of amides is 2. The third-order valence-corrected chi connectivity index (χ3v) is 4.24. The summed E-state index contributed by atoms with van der Waals surface area (Å²) in [7, 11) is 1.56. The number of carbonyl (C=O) groups is 2. The first-order valence-electron chi connectivity index (χ1n) is 9.00. The standard InChI is InChI=1S/C21H27N3O3/c1-5-16-6-8-17(9-7-16)14(2)23-21(26)13-22-20-12-18(27-4)10-11-19(20)24-15(3)25/h6-12,14,22H,5,13H2,1-4H3,(H,23,26)(H,24,25). The van der Waals surface area contributed by atoms with Crippen LogP contribution in [0.3, 0.4) is 0 Å². The van der Waals surface area contributed by atoms with Crippen LogP contribution in [0.2, 0.25) is 0 Å². The van der Waals surface area contributed by atoms with Crippen molar-refractivity contribution in [2.24, 2.45) is 0 Å². The Morgan fingerprint density at radius 1 is 1.07 bits per heavy atom. The number of carbonyl (C=O) groups excluding carboxylic acids is 2. The molecule has 6 nitrogen and oxygen atoms in total. The quantitative estimate of drug-likeness (QED) is 0.665. The Labute approximate surface area is 160 Å². The van der Waals surface area contributed by atoms with E-state index < -0.39 is 0 Å². The van der Waals surface area contributed by atoms with Crippen molar-refractivity contribution in [3.8, 4) is 5.75 Å². The van der Waals surface area contributed by atoms with Gasteiger partial charge in [0.05, 0.1) is 31.1 Å². The van der Waals surface area contributed by atoms with Crippen molar-refractivity contribution in [2.45, 2.75) is 33.2 Å². The number of aryl methyl sites for hydroxylation is 1. The summed E-state index contributed by atoms with van der Waals surface area (Å²) in [5.74, 6) is 0.312. The molecule has 0 aliphatic rings. The first-order chi connectivity index (χ1) is 12.9. The lowest BCUT2D eigenvalue weighted by Gasteiger charge is -2.17. The summed E-state index contributed by atoms with van der Waals surface area (Å²) in [6, 6.07) is 13.4. The van der Waals surface area contributed by atoms with Gasteiger partial charge in [-0.05, 0) is 36.6 Å². The zero-order valence-electron chi connectivity index (χ0n) is 16.3. The van der Waals surface area contributed by atoms with Crippen LogP contribution in [-0.2, 0) is 16.0 Å². The van der Waals surface area contributed by atoms with Gasteiger partial charge in [-0.2, -0.15) is 0 Å². The second kappa shape index (κ2) is 9.62. The number of ether oxygens (including phenoxy) is 1. The van der Waals surface area contributed by atoms with Crippen LogP contribution in [-0.4, -0.2) is 25.5 Å². The topological polar surface area (TPSA) is 79.5 Å². The van der Waals surface area contributed by atoms with Gasteiger partial charge < -0.3 is 20.7 Å². The molecule has 0 spiro atoms. The molecular weight excluding hydrogens is 342 g/mol. The highest BCUT2D eigenvalue weighted by atomic mass is 16.5. The van der Waals surface area contributed by atoms with E-state index in [0.29, 0.717) is 17.1 Å². The molecule has 2 aromatic carbocycles. The molecule has 0 radical (unpaired) electrons. The van der Waals surface area contributed by atoms with Crippen molar-refractivity contribution in [2.75, 3.05) is 24.3 Å². The van der Waals surface area contributed by atoms with Crippen molar-refractivity contribution in [1.82, 2.24) is 5.32 Å². The maximum atomic E-state index is 12.3. The predicted molar refractivity (Wildman–Crippen MR) is 108 cm³/mol. The van der Waals surface area contributed by atoms with Gasteiger partial charge in [-0.25, -0.2) is 0 Å². The van der Waals surface area contributed by atoms with Crippen LogP contribution in [0.5, 0.6) is 5.75 Å². The van der Waals surface area contributed by atoms with Crippen molar-refractivity contribution < 1.29 is 14.3 Å². The summed E-state index contributed by atoms with van der Waals surface area (Å²) in [6.07, 6.45) is 0.988. The first-order valence-corrected chi connectivity index (χ1v) is 9.00. The number of anilines is 2. The molecule has 0 saturated carbocycles. The first kappa shape index (κ1) is 20.3. The van der Waals surface area contributed by atoms with Crippen LogP contribution >= 0.6 is 0 Å². The van der Waals surface area contributed by atoms with Gasteiger partial charge in [0.1, 0.15) is 5.75 Å². The van der Waals surface area contributed by atoms with Crippen LogP contribution in [0.25, 0.3) is 0 Å². The summed E-state index contributed by atoms with van der Waals surface area (Å²) >= 11 is 0. The molecule has 0 bridgehead atoms. The van der Waals surface area contributed by atoms with Crippen molar-refractivity contribution in [3.63, 3.8) is 0 Å². The Morgan fingerprint density at radius 2 is 1.78 bits per heavy atom. The molecule has 2 rings (SSSR count). The highest BCUT2D eigenvalue weighted by molar-refractivity contribution is 5.93. The number of benzene rings is 2. The second-order valence-corrected chi connectivity index (χ2v) is 6.33. The fourth-order valence-corrected chi connectivity index (χ4v) is 2.69. The van der Waals surface area contributed by atoms with Crippen LogP contribution < -0.4 is 20.7 Å². The highest BCUT2D eigenvalue weighted by Crippen LogP contribution is 2.27. The van der Waals surface area contributed by atoms with Crippen LogP contribution in [0.1, 0.15) is 37.9 Å². The van der Waals surface area contributed by atoms with Gasteiger partial charge in [-0.3, -0.25) is 9.59 Å². The number of methoxy groups -OCH3 is 1. The number of rotatable bonds is 8. The SMILES string of the molecule is CCc1ccc(C(C)NC(=O)CNc2cc(OC)ccc2NC(C)=O)cc1. The Bertz CT molecular complexity index is 788. The lowest BCUT2D eigenvalue weighted by molar-refractivity contribution is -0.120. The van der Waals surface area contributed by atoms with E-state index in [-0.39, 0.29) is 24.4 Å². The maximum absolute atomic E-state index is 12.3. The molecule has 27 heavy (non-hydrogen) atoms. The monoisotopic (exact) mass is 369 g/mol. The summed E-state index contributed by atoms with van der Waals surface area (Å²) in [5.41, 5.74) is 3.54. The molecular formula is C21H27N3O3. The van der Waals surface area contributed by atoms with Crippen LogP contribution in [0.15, 0.2) is 42.5 Å². The molecule has 1 atom stereocenters. The predicted octanol–water partition coefficient (Wildman–Crippen LogP) is 3.51. The molecule has 1 unspecified atom stereocenters. The van der Waals surface area contributed by atoms with Gasteiger partial charge in [0.2, 0.25) is 11.8 Å². The number of hydrogen-bond donors (Lipinski definition) is 3. The minimum Gasteiger partial charge on any atom is -0.497 e. The van der Waals surface area contributed by atoms with E-state index in [1.165, 1.54) is 12.5 Å². The van der Waals surface area contributed by atoms with Crippen molar-refractivity contribution in [1.29, 1.82) is 0 Å². The number of nitrogens with one attached hydrogen (secondary N) is 3. The van der Waals surface area contributed by atoms with Crippen LogP contribution in [0, 0.1) is 0 Å². The van der Waals surface area contributed by atoms with Gasteiger partial charge in [0, 0.05) is 13.0 Å². The Balaban J connectivity index is 1.98. The summed E-state index contributed by atoms with van der Waals surface area (Å²) < 4.78 is 5.21. The summed E-state index contributed by atoms with van der Waals surface area (Å²) in [5, 5.41) is 8.77. The minimum absolute atomic E-state index is 0.0805. The molecule has 144 valence electrons. The third kappa shape index (κ3) is 6.02. The average Bonchev–Trinajstić information content (AvgIpc) is 2.66. The smallest absolute Gasteiger partial charge is 0.239 e. The molecule has 0 heterocycles. The number of hydrogen-bond acceptors (Lipinski definition) is 4.